The minimum absolute atomic E-state index is 0.290. The van der Waals surface area contributed by atoms with E-state index in [0.717, 1.165) is 13.0 Å². The Morgan fingerprint density at radius 3 is 2.85 bits per heavy atom. The van der Waals surface area contributed by atoms with Crippen molar-refractivity contribution in [1.29, 1.82) is 0 Å². The van der Waals surface area contributed by atoms with E-state index in [9.17, 15) is 8.42 Å². The number of nitrogens with zero attached hydrogens (tertiary/aromatic N) is 1. The van der Waals surface area contributed by atoms with Gasteiger partial charge in [0.15, 0.2) is 0 Å². The van der Waals surface area contributed by atoms with Crippen LogP contribution >= 0.6 is 0 Å². The van der Waals surface area contributed by atoms with E-state index in [1.807, 2.05) is 6.92 Å². The summed E-state index contributed by atoms with van der Waals surface area (Å²) in [6, 6.07) is 0. The molecule has 1 aliphatic heterocycles. The zero-order valence-electron chi connectivity index (χ0n) is 8.28. The summed E-state index contributed by atoms with van der Waals surface area (Å²) in [7, 11) is -3.03. The van der Waals surface area contributed by atoms with Crippen molar-refractivity contribution in [1.82, 2.24) is 9.62 Å². The Kier molecular flexibility index (Phi) is 3.70. The zero-order chi connectivity index (χ0) is 9.90. The van der Waals surface area contributed by atoms with Gasteiger partial charge < -0.3 is 5.32 Å². The molecule has 0 aromatic rings. The van der Waals surface area contributed by atoms with Gasteiger partial charge in [-0.2, -0.15) is 0 Å². The molecule has 78 valence electrons. The maximum absolute atomic E-state index is 11.8. The highest BCUT2D eigenvalue weighted by Gasteiger charge is 2.29. The predicted octanol–water partition coefficient (Wildman–Crippen LogP) is 0.0199. The van der Waals surface area contributed by atoms with Gasteiger partial charge in [-0.3, -0.25) is 0 Å². The van der Waals surface area contributed by atoms with E-state index < -0.39 is 10.0 Å². The number of nitrogens with one attached hydrogen (secondary N) is 1. The van der Waals surface area contributed by atoms with Crippen LogP contribution in [0.15, 0.2) is 0 Å². The Morgan fingerprint density at radius 1 is 1.54 bits per heavy atom. The predicted molar refractivity (Wildman–Crippen MR) is 53.1 cm³/mol. The third kappa shape index (κ3) is 2.42. The maximum atomic E-state index is 11.8. The number of hydrogen-bond donors (Lipinski definition) is 1. The van der Waals surface area contributed by atoms with Crippen LogP contribution in [0.25, 0.3) is 0 Å². The normalized spacial score (nSPS) is 29.8. The van der Waals surface area contributed by atoms with Crippen LogP contribution in [0, 0.1) is 0 Å². The van der Waals surface area contributed by atoms with Gasteiger partial charge >= 0.3 is 0 Å². The molecule has 0 spiro atoms. The van der Waals surface area contributed by atoms with E-state index in [0.29, 0.717) is 19.6 Å². The lowest BCUT2D eigenvalue weighted by Gasteiger charge is -2.21. The smallest absolute Gasteiger partial charge is 0.218 e. The standard InChI is InChI=1S/C8H18N2O2S/c1-3-5-10-6-4-9-7-8(2)13(10,11)12/h8-9H,3-7H2,1-2H3. The van der Waals surface area contributed by atoms with Crippen LogP contribution in [-0.2, 0) is 10.0 Å². The van der Waals surface area contributed by atoms with Gasteiger partial charge in [0.1, 0.15) is 0 Å². The first-order valence-electron chi connectivity index (χ1n) is 4.78. The number of rotatable bonds is 2. The van der Waals surface area contributed by atoms with Gasteiger partial charge in [-0.15, -0.1) is 0 Å². The molecule has 1 atom stereocenters. The van der Waals surface area contributed by atoms with Crippen LogP contribution < -0.4 is 5.32 Å². The molecule has 5 heteroatoms. The molecule has 0 aromatic carbocycles. The summed E-state index contributed by atoms with van der Waals surface area (Å²) in [5, 5.41) is 2.83. The number of sulfonamides is 1. The van der Waals surface area contributed by atoms with Crippen molar-refractivity contribution in [2.24, 2.45) is 0 Å². The van der Waals surface area contributed by atoms with Gasteiger partial charge in [-0.05, 0) is 13.3 Å². The van der Waals surface area contributed by atoms with Crippen molar-refractivity contribution in [3.8, 4) is 0 Å². The molecule has 1 aliphatic rings. The Balaban J connectivity index is 2.79. The summed E-state index contributed by atoms with van der Waals surface area (Å²) < 4.78 is 25.2. The minimum Gasteiger partial charge on any atom is -0.314 e. The van der Waals surface area contributed by atoms with E-state index >= 15 is 0 Å². The van der Waals surface area contributed by atoms with E-state index in [1.54, 1.807) is 11.2 Å². The van der Waals surface area contributed by atoms with E-state index in [-0.39, 0.29) is 5.25 Å². The van der Waals surface area contributed by atoms with Crippen molar-refractivity contribution in [2.45, 2.75) is 25.5 Å². The highest BCUT2D eigenvalue weighted by atomic mass is 32.2. The Labute approximate surface area is 80.4 Å². The largest absolute Gasteiger partial charge is 0.314 e. The monoisotopic (exact) mass is 206 g/mol. The second-order valence-corrected chi connectivity index (χ2v) is 5.81. The molecule has 0 saturated carbocycles. The summed E-state index contributed by atoms with van der Waals surface area (Å²) >= 11 is 0. The van der Waals surface area contributed by atoms with Crippen LogP contribution in [0.3, 0.4) is 0 Å². The molecule has 1 fully saturated rings. The van der Waals surface area contributed by atoms with Gasteiger partial charge in [-0.1, -0.05) is 6.92 Å². The summed E-state index contributed by atoms with van der Waals surface area (Å²) in [5.41, 5.74) is 0. The summed E-state index contributed by atoms with van der Waals surface area (Å²) in [6.07, 6.45) is 0.881. The molecule has 0 radical (unpaired) electrons. The van der Waals surface area contributed by atoms with Gasteiger partial charge in [0.05, 0.1) is 5.25 Å². The minimum atomic E-state index is -3.03. The lowest BCUT2D eigenvalue weighted by molar-refractivity contribution is 0.417. The molecule has 1 heterocycles. The Hall–Kier alpha value is -0.130. The van der Waals surface area contributed by atoms with Gasteiger partial charge in [0.25, 0.3) is 0 Å². The SMILES string of the molecule is CCCN1CCNCC(C)S1(=O)=O. The summed E-state index contributed by atoms with van der Waals surface area (Å²) in [4.78, 5) is 0. The molecule has 0 aliphatic carbocycles. The fourth-order valence-corrected chi connectivity index (χ4v) is 3.10. The van der Waals surface area contributed by atoms with Gasteiger partial charge in [0, 0.05) is 26.2 Å². The molecular formula is C8H18N2O2S. The van der Waals surface area contributed by atoms with Crippen LogP contribution in [-0.4, -0.2) is 44.2 Å². The molecule has 1 saturated heterocycles. The van der Waals surface area contributed by atoms with E-state index in [1.165, 1.54) is 0 Å². The zero-order valence-corrected chi connectivity index (χ0v) is 9.10. The summed E-state index contributed by atoms with van der Waals surface area (Å²) in [5.74, 6) is 0. The molecule has 0 amide bonds. The second kappa shape index (κ2) is 4.39. The fourth-order valence-electron chi connectivity index (χ4n) is 1.48. The van der Waals surface area contributed by atoms with E-state index in [2.05, 4.69) is 5.32 Å². The molecule has 4 nitrogen and oxygen atoms in total. The van der Waals surface area contributed by atoms with Crippen molar-refractivity contribution in [3.63, 3.8) is 0 Å². The summed E-state index contributed by atoms with van der Waals surface area (Å²) in [6.45, 7) is 6.36. The molecule has 0 bridgehead atoms. The van der Waals surface area contributed by atoms with Gasteiger partial charge in [0.2, 0.25) is 10.0 Å². The average Bonchev–Trinajstić information content (AvgIpc) is 2.18. The topological polar surface area (TPSA) is 49.4 Å². The Bertz CT molecular complexity index is 251. The van der Waals surface area contributed by atoms with Crippen LogP contribution in [0.1, 0.15) is 20.3 Å². The molecule has 1 unspecified atom stereocenters. The fraction of sp³-hybridized carbons (Fsp3) is 1.00. The first kappa shape index (κ1) is 10.9. The second-order valence-electron chi connectivity index (χ2n) is 3.46. The van der Waals surface area contributed by atoms with Gasteiger partial charge in [-0.25, -0.2) is 12.7 Å². The lowest BCUT2D eigenvalue weighted by Crippen LogP contribution is -2.38. The molecular weight excluding hydrogens is 188 g/mol. The first-order valence-corrected chi connectivity index (χ1v) is 6.29. The van der Waals surface area contributed by atoms with Crippen LogP contribution in [0.4, 0.5) is 0 Å². The highest BCUT2D eigenvalue weighted by molar-refractivity contribution is 7.89. The molecule has 1 N–H and O–H groups in total. The number of hydrogen-bond acceptors (Lipinski definition) is 3. The molecule has 1 rings (SSSR count). The quantitative estimate of drug-likeness (QED) is 0.693. The third-order valence-electron chi connectivity index (χ3n) is 2.31. The molecule has 0 aromatic heterocycles. The maximum Gasteiger partial charge on any atom is 0.218 e. The Morgan fingerprint density at radius 2 is 2.23 bits per heavy atom. The van der Waals surface area contributed by atoms with E-state index in [4.69, 9.17) is 0 Å². The average molecular weight is 206 g/mol. The lowest BCUT2D eigenvalue weighted by atomic mass is 10.4. The first-order chi connectivity index (χ1) is 6.09. The van der Waals surface area contributed by atoms with Crippen molar-refractivity contribution in [2.75, 3.05) is 26.2 Å². The highest BCUT2D eigenvalue weighted by Crippen LogP contribution is 2.10. The van der Waals surface area contributed by atoms with Crippen molar-refractivity contribution < 1.29 is 8.42 Å². The van der Waals surface area contributed by atoms with Crippen molar-refractivity contribution >= 4 is 10.0 Å². The van der Waals surface area contributed by atoms with Crippen LogP contribution in [0.5, 0.6) is 0 Å². The van der Waals surface area contributed by atoms with Crippen LogP contribution in [0.2, 0.25) is 0 Å². The molecule has 13 heavy (non-hydrogen) atoms. The van der Waals surface area contributed by atoms with Crippen molar-refractivity contribution in [3.05, 3.63) is 0 Å². The third-order valence-corrected chi connectivity index (χ3v) is 4.58.